The van der Waals surface area contributed by atoms with E-state index in [0.717, 1.165) is 17.2 Å². The zero-order chi connectivity index (χ0) is 21.4. The fourth-order valence-corrected chi connectivity index (χ4v) is 4.67. The van der Waals surface area contributed by atoms with Gasteiger partial charge < -0.3 is 9.84 Å². The predicted octanol–water partition coefficient (Wildman–Crippen LogP) is 5.85. The molecule has 150 valence electrons. The van der Waals surface area contributed by atoms with E-state index in [9.17, 15) is 9.90 Å². The van der Waals surface area contributed by atoms with E-state index in [1.54, 1.807) is 12.1 Å². The monoisotopic (exact) mass is 404 g/mol. The van der Waals surface area contributed by atoms with E-state index in [1.165, 1.54) is 22.3 Å². The van der Waals surface area contributed by atoms with Gasteiger partial charge in [0.1, 0.15) is 11.5 Å². The van der Waals surface area contributed by atoms with Crippen molar-refractivity contribution >= 4 is 5.97 Å². The molecule has 31 heavy (non-hydrogen) atoms. The smallest absolute Gasteiger partial charge is 0.335 e. The van der Waals surface area contributed by atoms with Gasteiger partial charge in [-0.3, -0.25) is 0 Å². The first-order valence-electron chi connectivity index (χ1n) is 10.1. The molecular weight excluding hydrogens is 384 g/mol. The van der Waals surface area contributed by atoms with Crippen molar-refractivity contribution in [2.75, 3.05) is 0 Å². The molecule has 4 aromatic carbocycles. The molecule has 0 spiro atoms. The maximum Gasteiger partial charge on any atom is 0.335 e. The molecule has 5 rings (SSSR count). The molecule has 0 aromatic heterocycles. The average molecular weight is 404 g/mol. The van der Waals surface area contributed by atoms with Crippen molar-refractivity contribution in [2.45, 2.75) is 5.41 Å². The minimum absolute atomic E-state index is 0.227. The fraction of sp³-hybridized carbons (Fsp3) is 0.0357. The van der Waals surface area contributed by atoms with E-state index in [-0.39, 0.29) is 5.75 Å². The fourth-order valence-electron chi connectivity index (χ4n) is 4.67. The van der Waals surface area contributed by atoms with Gasteiger partial charge >= 0.3 is 5.97 Å². The molecule has 0 unspecified atom stereocenters. The van der Waals surface area contributed by atoms with Crippen LogP contribution in [0.4, 0.5) is 0 Å². The van der Waals surface area contributed by atoms with Gasteiger partial charge in [-0.05, 0) is 57.6 Å². The summed E-state index contributed by atoms with van der Waals surface area (Å²) in [4.78, 5) is 11.6. The summed E-state index contributed by atoms with van der Waals surface area (Å²) in [5, 5.41) is 9.93. The van der Waals surface area contributed by atoms with Crippen LogP contribution in [0.1, 0.15) is 22.3 Å². The summed E-state index contributed by atoms with van der Waals surface area (Å²) in [5.74, 6) is 0.205. The standard InChI is InChI=1S/C28H20O3/c1-2-27(30)31-22-17-13-20(14-18-22)28(19-11-15-21(29)16-12-19)25-9-5-3-7-23(25)24-8-4-6-10-26(24)28/h2-18,29H,1H2. The van der Waals surface area contributed by atoms with Crippen LogP contribution in [0.5, 0.6) is 11.5 Å². The quantitative estimate of drug-likeness (QED) is 0.232. The summed E-state index contributed by atoms with van der Waals surface area (Å²) in [6, 6.07) is 31.8. The van der Waals surface area contributed by atoms with Gasteiger partial charge in [0.2, 0.25) is 0 Å². The Kier molecular flexibility index (Phi) is 4.45. The highest BCUT2D eigenvalue weighted by molar-refractivity contribution is 5.86. The molecule has 0 fully saturated rings. The Balaban J connectivity index is 1.80. The molecule has 0 amide bonds. The minimum atomic E-state index is -0.554. The maximum atomic E-state index is 11.6. The van der Waals surface area contributed by atoms with Gasteiger partial charge in [-0.1, -0.05) is 79.4 Å². The molecule has 0 bridgehead atoms. The lowest BCUT2D eigenvalue weighted by molar-refractivity contribution is -0.128. The first-order chi connectivity index (χ1) is 15.1. The molecule has 4 aromatic rings. The lowest BCUT2D eigenvalue weighted by atomic mass is 9.68. The molecule has 3 nitrogen and oxygen atoms in total. The molecule has 1 aliphatic rings. The number of aromatic hydroxyl groups is 1. The Bertz CT molecular complexity index is 1240. The number of esters is 1. The van der Waals surface area contributed by atoms with Crippen LogP contribution in [-0.4, -0.2) is 11.1 Å². The lowest BCUT2D eigenvalue weighted by Gasteiger charge is -2.34. The Hall–Kier alpha value is -4.11. The minimum Gasteiger partial charge on any atom is -0.508 e. The SMILES string of the molecule is C=CC(=O)Oc1ccc(C2(c3ccc(O)cc3)c3ccccc3-c3ccccc32)cc1. The van der Waals surface area contributed by atoms with Crippen molar-refractivity contribution in [3.8, 4) is 22.6 Å². The molecule has 3 heteroatoms. The number of rotatable bonds is 4. The lowest BCUT2D eigenvalue weighted by Crippen LogP contribution is -2.28. The molecule has 0 heterocycles. The number of hydrogen-bond donors (Lipinski definition) is 1. The van der Waals surface area contributed by atoms with E-state index in [1.807, 2.05) is 36.4 Å². The number of hydrogen-bond acceptors (Lipinski definition) is 3. The van der Waals surface area contributed by atoms with E-state index in [2.05, 4.69) is 55.1 Å². The maximum absolute atomic E-state index is 11.6. The number of carbonyl (C=O) groups is 1. The van der Waals surface area contributed by atoms with Gasteiger partial charge in [-0.25, -0.2) is 4.79 Å². The van der Waals surface area contributed by atoms with E-state index < -0.39 is 11.4 Å². The van der Waals surface area contributed by atoms with Crippen molar-refractivity contribution in [3.05, 3.63) is 132 Å². The Morgan fingerprint density at radius 3 is 1.74 bits per heavy atom. The van der Waals surface area contributed by atoms with E-state index >= 15 is 0 Å². The number of carbonyl (C=O) groups excluding carboxylic acids is 1. The average Bonchev–Trinajstić information content (AvgIpc) is 3.11. The second kappa shape index (κ2) is 7.29. The van der Waals surface area contributed by atoms with E-state index in [4.69, 9.17) is 4.74 Å². The summed E-state index contributed by atoms with van der Waals surface area (Å²) in [6.07, 6.45) is 1.15. The van der Waals surface area contributed by atoms with Crippen molar-refractivity contribution in [2.24, 2.45) is 0 Å². The summed E-state index contributed by atoms with van der Waals surface area (Å²) in [6.45, 7) is 3.45. The number of benzene rings is 4. The number of phenols is 1. The highest BCUT2D eigenvalue weighted by Crippen LogP contribution is 2.56. The van der Waals surface area contributed by atoms with Crippen LogP contribution >= 0.6 is 0 Å². The molecule has 1 aliphatic carbocycles. The Morgan fingerprint density at radius 2 is 1.23 bits per heavy atom. The molecule has 0 saturated carbocycles. The van der Waals surface area contributed by atoms with Crippen molar-refractivity contribution in [3.63, 3.8) is 0 Å². The largest absolute Gasteiger partial charge is 0.508 e. The van der Waals surface area contributed by atoms with Gasteiger partial charge in [-0.2, -0.15) is 0 Å². The second-order valence-electron chi connectivity index (χ2n) is 7.54. The third kappa shape index (κ3) is 2.86. The van der Waals surface area contributed by atoms with E-state index in [0.29, 0.717) is 5.75 Å². The highest BCUT2D eigenvalue weighted by Gasteiger charge is 2.45. The Morgan fingerprint density at radius 1 is 0.742 bits per heavy atom. The molecule has 0 radical (unpaired) electrons. The van der Waals surface area contributed by atoms with Crippen LogP contribution in [0.25, 0.3) is 11.1 Å². The topological polar surface area (TPSA) is 46.5 Å². The molecule has 0 aliphatic heterocycles. The van der Waals surface area contributed by atoms with Gasteiger partial charge in [-0.15, -0.1) is 0 Å². The number of ether oxygens (including phenoxy) is 1. The third-order valence-electron chi connectivity index (χ3n) is 5.93. The van der Waals surface area contributed by atoms with Crippen LogP contribution in [0.2, 0.25) is 0 Å². The first-order valence-corrected chi connectivity index (χ1v) is 10.1. The number of phenolic OH excluding ortho intramolecular Hbond substituents is 1. The Labute approximate surface area is 180 Å². The van der Waals surface area contributed by atoms with Crippen LogP contribution < -0.4 is 4.74 Å². The summed E-state index contributed by atoms with van der Waals surface area (Å²) >= 11 is 0. The molecular formula is C28H20O3. The number of fused-ring (bicyclic) bond motifs is 3. The van der Waals surface area contributed by atoms with Crippen LogP contribution in [0.15, 0.2) is 110 Å². The van der Waals surface area contributed by atoms with Crippen molar-refractivity contribution in [1.29, 1.82) is 0 Å². The summed E-state index contributed by atoms with van der Waals surface area (Å²) in [5.41, 5.74) is 6.28. The van der Waals surface area contributed by atoms with Crippen molar-refractivity contribution in [1.82, 2.24) is 0 Å². The molecule has 0 atom stereocenters. The predicted molar refractivity (Wildman–Crippen MR) is 121 cm³/mol. The molecule has 1 N–H and O–H groups in total. The van der Waals surface area contributed by atoms with Crippen LogP contribution in [0, 0.1) is 0 Å². The third-order valence-corrected chi connectivity index (χ3v) is 5.93. The van der Waals surface area contributed by atoms with Gasteiger partial charge in [0, 0.05) is 6.08 Å². The van der Waals surface area contributed by atoms with Crippen LogP contribution in [0.3, 0.4) is 0 Å². The highest BCUT2D eigenvalue weighted by atomic mass is 16.5. The van der Waals surface area contributed by atoms with Gasteiger partial charge in [0.15, 0.2) is 0 Å². The van der Waals surface area contributed by atoms with Crippen molar-refractivity contribution < 1.29 is 14.6 Å². The molecule has 0 saturated heterocycles. The summed E-state index contributed by atoms with van der Waals surface area (Å²) in [7, 11) is 0. The first kappa shape index (κ1) is 18.9. The zero-order valence-electron chi connectivity index (χ0n) is 16.8. The second-order valence-corrected chi connectivity index (χ2v) is 7.54. The normalized spacial score (nSPS) is 13.2. The summed E-state index contributed by atoms with van der Waals surface area (Å²) < 4.78 is 5.28. The van der Waals surface area contributed by atoms with Crippen LogP contribution in [-0.2, 0) is 10.2 Å². The van der Waals surface area contributed by atoms with Gasteiger partial charge in [0.25, 0.3) is 0 Å². The van der Waals surface area contributed by atoms with Gasteiger partial charge in [0.05, 0.1) is 5.41 Å². The zero-order valence-corrected chi connectivity index (χ0v) is 16.8.